The third kappa shape index (κ3) is 4.58. The minimum absolute atomic E-state index is 0.0250. The van der Waals surface area contributed by atoms with Gasteiger partial charge in [0, 0.05) is 18.8 Å². The van der Waals surface area contributed by atoms with E-state index in [2.05, 4.69) is 10.6 Å². The molecule has 25 heavy (non-hydrogen) atoms. The summed E-state index contributed by atoms with van der Waals surface area (Å²) in [4.78, 5) is 27.1. The molecule has 0 saturated carbocycles. The number of carbonyl (C=O) groups excluding carboxylic acids is 2. The number of amides is 3. The molecule has 1 aliphatic heterocycles. The molecular formula is C18H22N4O2S. The molecule has 0 bridgehead atoms. The van der Waals surface area contributed by atoms with E-state index in [0.717, 1.165) is 31.6 Å². The smallest absolute Gasteiger partial charge is 0.324 e. The lowest BCUT2D eigenvalue weighted by Gasteiger charge is -2.31. The number of rotatable bonds is 4. The average molecular weight is 358 g/mol. The van der Waals surface area contributed by atoms with Gasteiger partial charge in [-0.05, 0) is 49.6 Å². The molecule has 2 aromatic rings. The zero-order valence-electron chi connectivity index (χ0n) is 13.9. The highest BCUT2D eigenvalue weighted by Gasteiger charge is 2.24. The number of hydrogen-bond donors (Lipinski definition) is 3. The van der Waals surface area contributed by atoms with Gasteiger partial charge in [0.25, 0.3) is 5.91 Å². The molecule has 1 fully saturated rings. The summed E-state index contributed by atoms with van der Waals surface area (Å²) in [6, 6.07) is 12.4. The van der Waals surface area contributed by atoms with Crippen LogP contribution in [0.3, 0.4) is 0 Å². The van der Waals surface area contributed by atoms with Crippen LogP contribution in [0.2, 0.25) is 0 Å². The number of carbonyl (C=O) groups is 2. The van der Waals surface area contributed by atoms with Crippen LogP contribution in [-0.2, 0) is 0 Å². The zero-order chi connectivity index (χ0) is 17.6. The fourth-order valence-electron chi connectivity index (χ4n) is 2.84. The van der Waals surface area contributed by atoms with Crippen LogP contribution in [0.25, 0.3) is 0 Å². The van der Waals surface area contributed by atoms with E-state index >= 15 is 0 Å². The minimum atomic E-state index is -0.323. The molecule has 0 radical (unpaired) electrons. The summed E-state index contributed by atoms with van der Waals surface area (Å²) in [5.74, 6) is 0.545. The van der Waals surface area contributed by atoms with Crippen molar-refractivity contribution >= 4 is 34.0 Å². The van der Waals surface area contributed by atoms with Crippen LogP contribution < -0.4 is 16.4 Å². The third-order valence-corrected chi connectivity index (χ3v) is 5.31. The largest absolute Gasteiger partial charge is 0.338 e. The van der Waals surface area contributed by atoms with E-state index in [1.807, 2.05) is 35.2 Å². The predicted molar refractivity (Wildman–Crippen MR) is 101 cm³/mol. The molecule has 7 heteroatoms. The molecule has 0 atom stereocenters. The number of nitrogens with one attached hydrogen (secondary N) is 2. The van der Waals surface area contributed by atoms with Gasteiger partial charge in [-0.2, -0.15) is 0 Å². The number of anilines is 2. The van der Waals surface area contributed by atoms with Gasteiger partial charge in [-0.3, -0.25) is 10.1 Å². The molecular weight excluding hydrogens is 336 g/mol. The molecule has 6 nitrogen and oxygen atoms in total. The van der Waals surface area contributed by atoms with Crippen molar-refractivity contribution < 1.29 is 9.59 Å². The van der Waals surface area contributed by atoms with Gasteiger partial charge in [-0.15, -0.1) is 11.3 Å². The van der Waals surface area contributed by atoms with Crippen molar-refractivity contribution in [2.45, 2.75) is 12.8 Å². The Morgan fingerprint density at radius 3 is 2.48 bits per heavy atom. The van der Waals surface area contributed by atoms with E-state index in [4.69, 9.17) is 5.73 Å². The van der Waals surface area contributed by atoms with Crippen LogP contribution in [0.5, 0.6) is 0 Å². The number of likely N-dealkylation sites (tertiary alicyclic amines) is 1. The number of hydrogen-bond acceptors (Lipinski definition) is 4. The van der Waals surface area contributed by atoms with Gasteiger partial charge >= 0.3 is 6.03 Å². The highest BCUT2D eigenvalue weighted by atomic mass is 32.1. The quantitative estimate of drug-likeness (QED) is 0.784. The van der Waals surface area contributed by atoms with Gasteiger partial charge in [0.05, 0.1) is 9.88 Å². The Morgan fingerprint density at radius 2 is 1.80 bits per heavy atom. The van der Waals surface area contributed by atoms with Crippen LogP contribution in [0, 0.1) is 5.92 Å². The number of urea groups is 1. The van der Waals surface area contributed by atoms with Crippen molar-refractivity contribution in [3.05, 3.63) is 47.3 Å². The van der Waals surface area contributed by atoms with Crippen molar-refractivity contribution in [1.82, 2.24) is 4.90 Å². The van der Waals surface area contributed by atoms with Gasteiger partial charge in [0.2, 0.25) is 0 Å². The maximum absolute atomic E-state index is 12.6. The predicted octanol–water partition coefficient (Wildman–Crippen LogP) is 3.20. The number of nitrogens with zero attached hydrogens (tertiary/aromatic N) is 1. The second kappa shape index (κ2) is 8.13. The molecule has 2 heterocycles. The summed E-state index contributed by atoms with van der Waals surface area (Å²) >= 11 is 1.29. The van der Waals surface area contributed by atoms with Gasteiger partial charge < -0.3 is 16.0 Å². The number of thiophene rings is 1. The fraction of sp³-hybridized carbons (Fsp3) is 0.333. The van der Waals surface area contributed by atoms with Crippen molar-refractivity contribution in [2.75, 3.05) is 30.3 Å². The maximum Gasteiger partial charge on any atom is 0.324 e. The van der Waals surface area contributed by atoms with Crippen molar-refractivity contribution in [1.29, 1.82) is 0 Å². The Hall–Kier alpha value is -2.38. The van der Waals surface area contributed by atoms with Crippen LogP contribution in [0.4, 0.5) is 15.5 Å². The van der Waals surface area contributed by atoms with Gasteiger partial charge in [0.15, 0.2) is 0 Å². The van der Waals surface area contributed by atoms with Crippen LogP contribution in [0.15, 0.2) is 42.5 Å². The SMILES string of the molecule is NCC1CCN(C(=O)c2ccc(NC(=O)Nc3ccccc3)s2)CC1. The molecule has 3 rings (SSSR count). The van der Waals surface area contributed by atoms with Crippen molar-refractivity contribution in [3.63, 3.8) is 0 Å². The topological polar surface area (TPSA) is 87.5 Å². The van der Waals surface area contributed by atoms with E-state index < -0.39 is 0 Å². The molecule has 3 amide bonds. The summed E-state index contributed by atoms with van der Waals surface area (Å²) in [7, 11) is 0. The van der Waals surface area contributed by atoms with Gasteiger partial charge in [0.1, 0.15) is 0 Å². The van der Waals surface area contributed by atoms with Crippen LogP contribution in [0.1, 0.15) is 22.5 Å². The lowest BCUT2D eigenvalue weighted by atomic mass is 9.97. The lowest BCUT2D eigenvalue weighted by molar-refractivity contribution is 0.0698. The Labute approximate surface area is 151 Å². The third-order valence-electron chi connectivity index (χ3n) is 4.32. The van der Waals surface area contributed by atoms with E-state index in [-0.39, 0.29) is 11.9 Å². The second-order valence-electron chi connectivity index (χ2n) is 6.08. The zero-order valence-corrected chi connectivity index (χ0v) is 14.7. The van der Waals surface area contributed by atoms with Gasteiger partial charge in [-0.1, -0.05) is 18.2 Å². The van der Waals surface area contributed by atoms with E-state index in [0.29, 0.717) is 22.3 Å². The first-order chi connectivity index (χ1) is 12.2. The standard InChI is InChI=1S/C18H22N4O2S/c19-12-13-8-10-22(11-9-13)17(23)15-6-7-16(25-15)21-18(24)20-14-4-2-1-3-5-14/h1-7,13H,8-12,19H2,(H2,20,21,24). The maximum atomic E-state index is 12.6. The first-order valence-electron chi connectivity index (χ1n) is 8.38. The Bertz CT molecular complexity index is 724. The highest BCUT2D eigenvalue weighted by Crippen LogP contribution is 2.25. The van der Waals surface area contributed by atoms with Crippen LogP contribution in [-0.4, -0.2) is 36.5 Å². The normalized spacial score (nSPS) is 15.0. The Kier molecular flexibility index (Phi) is 5.67. The Morgan fingerprint density at radius 1 is 1.08 bits per heavy atom. The molecule has 0 aliphatic carbocycles. The molecule has 1 aromatic carbocycles. The molecule has 4 N–H and O–H groups in total. The first-order valence-corrected chi connectivity index (χ1v) is 9.19. The van der Waals surface area contributed by atoms with E-state index in [1.165, 1.54) is 11.3 Å². The summed E-state index contributed by atoms with van der Waals surface area (Å²) in [6.45, 7) is 2.18. The van der Waals surface area contributed by atoms with Crippen molar-refractivity contribution in [2.24, 2.45) is 11.7 Å². The molecule has 0 unspecified atom stereocenters. The Balaban J connectivity index is 1.55. The highest BCUT2D eigenvalue weighted by molar-refractivity contribution is 7.18. The lowest BCUT2D eigenvalue weighted by Crippen LogP contribution is -2.39. The van der Waals surface area contributed by atoms with E-state index in [1.54, 1.807) is 12.1 Å². The summed E-state index contributed by atoms with van der Waals surface area (Å²) in [6.07, 6.45) is 1.91. The average Bonchev–Trinajstić information content (AvgIpc) is 3.10. The fourth-order valence-corrected chi connectivity index (χ4v) is 3.71. The molecule has 1 saturated heterocycles. The summed E-state index contributed by atoms with van der Waals surface area (Å²) in [5.41, 5.74) is 6.41. The monoisotopic (exact) mass is 358 g/mol. The molecule has 1 aliphatic rings. The second-order valence-corrected chi connectivity index (χ2v) is 7.16. The molecule has 1 aromatic heterocycles. The number of nitrogens with two attached hydrogens (primary N) is 1. The number of benzene rings is 1. The van der Waals surface area contributed by atoms with Crippen LogP contribution >= 0.6 is 11.3 Å². The molecule has 0 spiro atoms. The minimum Gasteiger partial charge on any atom is -0.338 e. The summed E-state index contributed by atoms with van der Waals surface area (Å²) < 4.78 is 0. The number of piperidine rings is 1. The van der Waals surface area contributed by atoms with Gasteiger partial charge in [-0.25, -0.2) is 4.79 Å². The number of para-hydroxylation sites is 1. The first kappa shape index (κ1) is 17.4. The summed E-state index contributed by atoms with van der Waals surface area (Å²) in [5, 5.41) is 6.17. The molecule has 132 valence electrons. The van der Waals surface area contributed by atoms with Crippen molar-refractivity contribution in [3.8, 4) is 0 Å². The van der Waals surface area contributed by atoms with E-state index in [9.17, 15) is 9.59 Å².